The predicted octanol–water partition coefficient (Wildman–Crippen LogP) is 1.53. The number of hydrogen-bond donors (Lipinski definition) is 3. The normalized spacial score (nSPS) is 21.7. The van der Waals surface area contributed by atoms with E-state index in [4.69, 9.17) is 9.90 Å². The SMILES string of the molecule is Cc1nc2ccc(C(=O)N3C[C@H]4C[C@@H](C3)[C@H](CO)n3c4cccc3=O)cc2[nH]1.O=CO. The van der Waals surface area contributed by atoms with E-state index in [0.29, 0.717) is 18.7 Å². The highest BCUT2D eigenvalue weighted by molar-refractivity contribution is 5.97. The van der Waals surface area contributed by atoms with E-state index in [-0.39, 0.29) is 42.4 Å². The number of carbonyl (C=O) groups is 2. The number of carbonyl (C=O) groups excluding carboxylic acids is 1. The number of piperidine rings is 1. The Hall–Kier alpha value is -3.46. The Morgan fingerprint density at radius 3 is 2.81 bits per heavy atom. The highest BCUT2D eigenvalue weighted by Gasteiger charge is 2.41. The lowest BCUT2D eigenvalue weighted by Gasteiger charge is -2.46. The van der Waals surface area contributed by atoms with Gasteiger partial charge in [0.1, 0.15) is 5.82 Å². The number of benzene rings is 1. The average molecular weight is 424 g/mol. The molecule has 3 N–H and O–H groups in total. The minimum absolute atomic E-state index is 0.0210. The van der Waals surface area contributed by atoms with Crippen molar-refractivity contribution in [1.82, 2.24) is 19.4 Å². The van der Waals surface area contributed by atoms with Crippen molar-refractivity contribution in [2.45, 2.75) is 25.3 Å². The zero-order valence-electron chi connectivity index (χ0n) is 17.1. The molecule has 0 aliphatic carbocycles. The summed E-state index contributed by atoms with van der Waals surface area (Å²) in [4.78, 5) is 43.4. The molecule has 9 heteroatoms. The monoisotopic (exact) mass is 424 g/mol. The molecule has 1 amide bonds. The van der Waals surface area contributed by atoms with Crippen LogP contribution in [0.4, 0.5) is 0 Å². The number of aromatic nitrogens is 3. The number of aryl methyl sites for hydroxylation is 1. The van der Waals surface area contributed by atoms with Gasteiger partial charge in [0, 0.05) is 42.2 Å². The number of likely N-dealkylation sites (tertiary alicyclic amines) is 1. The van der Waals surface area contributed by atoms with Crippen molar-refractivity contribution in [2.75, 3.05) is 19.7 Å². The number of aliphatic hydroxyl groups is 1. The molecule has 2 aliphatic rings. The number of aromatic amines is 1. The van der Waals surface area contributed by atoms with Gasteiger partial charge >= 0.3 is 0 Å². The molecule has 1 saturated heterocycles. The van der Waals surface area contributed by atoms with E-state index in [1.807, 2.05) is 36.1 Å². The van der Waals surface area contributed by atoms with Gasteiger partial charge in [-0.2, -0.15) is 0 Å². The van der Waals surface area contributed by atoms with Gasteiger partial charge in [-0.15, -0.1) is 0 Å². The predicted molar refractivity (Wildman–Crippen MR) is 113 cm³/mol. The van der Waals surface area contributed by atoms with Gasteiger partial charge in [0.25, 0.3) is 17.9 Å². The average Bonchev–Trinajstić information content (AvgIpc) is 3.14. The Morgan fingerprint density at radius 2 is 2.06 bits per heavy atom. The second-order valence-electron chi connectivity index (χ2n) is 7.97. The summed E-state index contributed by atoms with van der Waals surface area (Å²) >= 11 is 0. The summed E-state index contributed by atoms with van der Waals surface area (Å²) in [5.41, 5.74) is 3.16. The number of hydrogen-bond acceptors (Lipinski definition) is 5. The molecule has 0 unspecified atom stereocenters. The molecule has 4 heterocycles. The molecule has 5 rings (SSSR count). The van der Waals surface area contributed by atoms with Gasteiger partial charge in [-0.1, -0.05) is 6.07 Å². The van der Waals surface area contributed by atoms with Gasteiger partial charge in [0.2, 0.25) is 0 Å². The molecule has 0 spiro atoms. The zero-order chi connectivity index (χ0) is 22.1. The molecule has 2 aliphatic heterocycles. The fourth-order valence-electron chi connectivity index (χ4n) is 4.90. The second-order valence-corrected chi connectivity index (χ2v) is 7.97. The van der Waals surface area contributed by atoms with E-state index >= 15 is 0 Å². The van der Waals surface area contributed by atoms with Crippen LogP contribution in [0.5, 0.6) is 0 Å². The maximum atomic E-state index is 13.2. The van der Waals surface area contributed by atoms with E-state index in [1.165, 1.54) is 6.07 Å². The van der Waals surface area contributed by atoms with Crippen LogP contribution in [-0.2, 0) is 4.79 Å². The van der Waals surface area contributed by atoms with E-state index < -0.39 is 0 Å². The summed E-state index contributed by atoms with van der Waals surface area (Å²) in [7, 11) is 0. The Morgan fingerprint density at radius 1 is 1.29 bits per heavy atom. The Bertz CT molecular complexity index is 1180. The standard InChI is InChI=1S/C21H22N4O3.CH2O2/c1-12-22-16-6-5-13(8-17(16)23-12)21(28)24-9-14-7-15(10-24)19(11-26)25-18(14)3-2-4-20(25)27;2-1-3/h2-6,8,14-15,19,26H,7,9-11H2,1H3,(H,22,23);1H,(H,2,3)/t14-,15+,19+;/m1./s1. The molecule has 162 valence electrons. The van der Waals surface area contributed by atoms with Crippen LogP contribution in [0, 0.1) is 12.8 Å². The topological polar surface area (TPSA) is 129 Å². The number of H-pyrrole nitrogens is 1. The molecule has 0 saturated carbocycles. The molecular weight excluding hydrogens is 400 g/mol. The first-order valence-electron chi connectivity index (χ1n) is 10.1. The second kappa shape index (κ2) is 8.35. The maximum absolute atomic E-state index is 13.2. The third-order valence-electron chi connectivity index (χ3n) is 6.12. The van der Waals surface area contributed by atoms with E-state index in [2.05, 4.69) is 9.97 Å². The third kappa shape index (κ3) is 3.72. The maximum Gasteiger partial charge on any atom is 0.290 e. The molecule has 0 radical (unpaired) electrons. The summed E-state index contributed by atoms with van der Waals surface area (Å²) in [6, 6.07) is 10.5. The lowest BCUT2D eigenvalue weighted by Crippen LogP contribution is -2.51. The highest BCUT2D eigenvalue weighted by atomic mass is 16.3. The summed E-state index contributed by atoms with van der Waals surface area (Å²) in [5.74, 6) is 0.975. The molecule has 3 aromatic rings. The Kier molecular flexibility index (Phi) is 5.60. The van der Waals surface area contributed by atoms with Crippen LogP contribution >= 0.6 is 0 Å². The smallest absolute Gasteiger partial charge is 0.290 e. The summed E-state index contributed by atoms with van der Waals surface area (Å²) in [6.45, 7) is 2.66. The van der Waals surface area contributed by atoms with Gasteiger partial charge in [-0.25, -0.2) is 4.98 Å². The van der Waals surface area contributed by atoms with Gasteiger partial charge in [-0.05, 0) is 37.6 Å². The van der Waals surface area contributed by atoms with Gasteiger partial charge in [0.05, 0.1) is 23.7 Å². The van der Waals surface area contributed by atoms with Crippen LogP contribution in [0.15, 0.2) is 41.2 Å². The summed E-state index contributed by atoms with van der Waals surface area (Å²) in [6.07, 6.45) is 0.886. The molecule has 1 fully saturated rings. The van der Waals surface area contributed by atoms with Crippen molar-refractivity contribution in [3.63, 3.8) is 0 Å². The number of carboxylic acid groups (broad SMARTS) is 1. The Labute approximate surface area is 178 Å². The van der Waals surface area contributed by atoms with Crippen LogP contribution in [0.25, 0.3) is 11.0 Å². The minimum Gasteiger partial charge on any atom is -0.483 e. The first-order chi connectivity index (χ1) is 15.0. The first kappa shape index (κ1) is 20.8. The third-order valence-corrected chi connectivity index (χ3v) is 6.12. The fourth-order valence-corrected chi connectivity index (χ4v) is 4.90. The molecule has 1 aromatic carbocycles. The van der Waals surface area contributed by atoms with Gasteiger partial charge in [0.15, 0.2) is 0 Å². The minimum atomic E-state index is -0.284. The van der Waals surface area contributed by atoms with Gasteiger partial charge in [-0.3, -0.25) is 14.4 Å². The van der Waals surface area contributed by atoms with Crippen LogP contribution < -0.4 is 5.56 Å². The number of nitrogens with one attached hydrogen (secondary N) is 1. The highest BCUT2D eigenvalue weighted by Crippen LogP contribution is 2.41. The van der Waals surface area contributed by atoms with Crippen molar-refractivity contribution >= 4 is 23.4 Å². The van der Waals surface area contributed by atoms with Crippen molar-refractivity contribution in [3.8, 4) is 0 Å². The summed E-state index contributed by atoms with van der Waals surface area (Å²) in [5, 5.41) is 16.9. The van der Waals surface area contributed by atoms with Gasteiger partial charge < -0.3 is 24.7 Å². The molecular formula is C22H24N4O5. The number of aliphatic hydroxyl groups excluding tert-OH is 1. The van der Waals surface area contributed by atoms with E-state index in [9.17, 15) is 14.7 Å². The molecule has 3 atom stereocenters. The van der Waals surface area contributed by atoms with Crippen molar-refractivity contribution < 1.29 is 19.8 Å². The summed E-state index contributed by atoms with van der Waals surface area (Å²) < 4.78 is 1.74. The van der Waals surface area contributed by atoms with Crippen LogP contribution in [0.1, 0.15) is 40.3 Å². The molecule has 9 nitrogen and oxygen atoms in total. The number of imidazole rings is 1. The van der Waals surface area contributed by atoms with Crippen molar-refractivity contribution in [2.24, 2.45) is 5.92 Å². The number of rotatable bonds is 2. The number of fused-ring (bicyclic) bond motifs is 5. The van der Waals surface area contributed by atoms with Crippen LogP contribution in [0.2, 0.25) is 0 Å². The fraction of sp³-hybridized carbons (Fsp3) is 0.364. The lowest BCUT2D eigenvalue weighted by molar-refractivity contribution is -0.122. The zero-order valence-corrected chi connectivity index (χ0v) is 17.1. The van der Waals surface area contributed by atoms with E-state index in [1.54, 1.807) is 10.6 Å². The van der Waals surface area contributed by atoms with Crippen LogP contribution in [-0.4, -0.2) is 61.7 Å². The van der Waals surface area contributed by atoms with E-state index in [0.717, 1.165) is 29.0 Å². The quantitative estimate of drug-likeness (QED) is 0.535. The molecule has 2 aromatic heterocycles. The van der Waals surface area contributed by atoms with Crippen molar-refractivity contribution in [3.05, 3.63) is 63.8 Å². The number of amides is 1. The number of nitrogens with zero attached hydrogens (tertiary/aromatic N) is 3. The molecule has 2 bridgehead atoms. The largest absolute Gasteiger partial charge is 0.483 e. The molecule has 31 heavy (non-hydrogen) atoms. The van der Waals surface area contributed by atoms with Crippen molar-refractivity contribution in [1.29, 1.82) is 0 Å². The lowest BCUT2D eigenvalue weighted by atomic mass is 9.78. The number of pyridine rings is 1. The Balaban J connectivity index is 0.000000730. The first-order valence-corrected chi connectivity index (χ1v) is 10.1. The van der Waals surface area contributed by atoms with Crippen LogP contribution in [0.3, 0.4) is 0 Å².